The quantitative estimate of drug-likeness (QED) is 0.712. The smallest absolute Gasteiger partial charge is 0.239 e. The highest BCUT2D eigenvalue weighted by atomic mass is 16.2. The zero-order chi connectivity index (χ0) is 10.5. The minimum absolute atomic E-state index is 0.129. The number of hydrogen-bond acceptors (Lipinski definition) is 2. The molecule has 3 heteroatoms. The molecule has 0 unspecified atom stereocenters. The van der Waals surface area contributed by atoms with Crippen molar-refractivity contribution in [3.63, 3.8) is 0 Å². The molecule has 0 bridgehead atoms. The lowest BCUT2D eigenvalue weighted by molar-refractivity contribution is -0.133. The van der Waals surface area contributed by atoms with Gasteiger partial charge in [-0.15, -0.1) is 0 Å². The first-order chi connectivity index (χ1) is 7.38. The summed E-state index contributed by atoms with van der Waals surface area (Å²) in [7, 11) is 0. The van der Waals surface area contributed by atoms with Gasteiger partial charge in [0, 0.05) is 13.1 Å². The summed E-state index contributed by atoms with van der Waals surface area (Å²) in [5, 5.41) is 3.30. The van der Waals surface area contributed by atoms with Crippen LogP contribution in [-0.2, 0) is 4.79 Å². The summed E-state index contributed by atoms with van der Waals surface area (Å²) >= 11 is 0. The van der Waals surface area contributed by atoms with Crippen molar-refractivity contribution in [2.75, 3.05) is 19.6 Å². The van der Waals surface area contributed by atoms with Crippen LogP contribution in [0.25, 0.3) is 0 Å². The van der Waals surface area contributed by atoms with E-state index in [0.717, 1.165) is 32.5 Å². The van der Waals surface area contributed by atoms with Crippen molar-refractivity contribution in [2.24, 2.45) is 0 Å². The van der Waals surface area contributed by atoms with Crippen molar-refractivity contribution in [1.29, 1.82) is 0 Å². The SMILES string of the molecule is O=C([C@H]1CCCN1)N1CCCCCCC1. The number of likely N-dealkylation sites (tertiary alicyclic amines) is 1. The summed E-state index contributed by atoms with van der Waals surface area (Å²) in [5.41, 5.74) is 0. The Morgan fingerprint density at radius 2 is 1.67 bits per heavy atom. The van der Waals surface area contributed by atoms with Crippen LogP contribution in [0.3, 0.4) is 0 Å². The van der Waals surface area contributed by atoms with Gasteiger partial charge in [0.05, 0.1) is 6.04 Å². The molecule has 15 heavy (non-hydrogen) atoms. The molecule has 2 saturated heterocycles. The molecule has 0 aromatic heterocycles. The number of carbonyl (C=O) groups excluding carboxylic acids is 1. The molecular formula is C12H22N2O. The Labute approximate surface area is 92.2 Å². The Hall–Kier alpha value is -0.570. The highest BCUT2D eigenvalue weighted by Crippen LogP contribution is 2.14. The van der Waals surface area contributed by atoms with Crippen LogP contribution < -0.4 is 5.32 Å². The van der Waals surface area contributed by atoms with Crippen molar-refractivity contribution in [3.05, 3.63) is 0 Å². The summed E-state index contributed by atoms with van der Waals surface area (Å²) in [6, 6.07) is 0.129. The predicted molar refractivity (Wildman–Crippen MR) is 60.7 cm³/mol. The molecule has 0 aromatic carbocycles. The lowest BCUT2D eigenvalue weighted by Gasteiger charge is -2.27. The van der Waals surface area contributed by atoms with Crippen LogP contribution in [0.2, 0.25) is 0 Å². The molecule has 0 radical (unpaired) electrons. The fourth-order valence-electron chi connectivity index (χ4n) is 2.58. The van der Waals surface area contributed by atoms with Gasteiger partial charge in [0.25, 0.3) is 0 Å². The maximum Gasteiger partial charge on any atom is 0.239 e. The Balaban J connectivity index is 1.85. The van der Waals surface area contributed by atoms with Gasteiger partial charge in [-0.05, 0) is 32.2 Å². The van der Waals surface area contributed by atoms with Crippen LogP contribution in [0, 0.1) is 0 Å². The van der Waals surface area contributed by atoms with Gasteiger partial charge in [-0.3, -0.25) is 4.79 Å². The Morgan fingerprint density at radius 1 is 1.00 bits per heavy atom. The Kier molecular flexibility index (Phi) is 4.01. The molecule has 2 heterocycles. The zero-order valence-electron chi connectivity index (χ0n) is 9.50. The lowest BCUT2D eigenvalue weighted by Crippen LogP contribution is -2.44. The molecule has 1 N–H and O–H groups in total. The van der Waals surface area contributed by atoms with Crippen molar-refractivity contribution in [1.82, 2.24) is 10.2 Å². The van der Waals surface area contributed by atoms with Gasteiger partial charge in [0.15, 0.2) is 0 Å². The lowest BCUT2D eigenvalue weighted by atomic mass is 10.1. The third-order valence-corrected chi connectivity index (χ3v) is 3.53. The van der Waals surface area contributed by atoms with E-state index in [1.807, 2.05) is 0 Å². The highest BCUT2D eigenvalue weighted by molar-refractivity contribution is 5.82. The Morgan fingerprint density at radius 3 is 2.27 bits per heavy atom. The first-order valence-electron chi connectivity index (χ1n) is 6.40. The van der Waals surface area contributed by atoms with E-state index in [0.29, 0.717) is 5.91 Å². The summed E-state index contributed by atoms with van der Waals surface area (Å²) in [6.07, 6.45) is 8.52. The van der Waals surface area contributed by atoms with Crippen molar-refractivity contribution >= 4 is 5.91 Å². The van der Waals surface area contributed by atoms with Crippen molar-refractivity contribution in [2.45, 2.75) is 51.0 Å². The second-order valence-corrected chi connectivity index (χ2v) is 4.74. The average molecular weight is 210 g/mol. The summed E-state index contributed by atoms with van der Waals surface area (Å²) < 4.78 is 0. The molecule has 2 fully saturated rings. The van der Waals surface area contributed by atoms with E-state index >= 15 is 0 Å². The first kappa shape index (κ1) is 10.9. The monoisotopic (exact) mass is 210 g/mol. The third-order valence-electron chi connectivity index (χ3n) is 3.53. The molecule has 2 aliphatic rings. The first-order valence-corrected chi connectivity index (χ1v) is 6.40. The molecule has 1 atom stereocenters. The van der Waals surface area contributed by atoms with E-state index in [2.05, 4.69) is 10.2 Å². The van der Waals surface area contributed by atoms with Crippen LogP contribution in [0.15, 0.2) is 0 Å². The van der Waals surface area contributed by atoms with Crippen LogP contribution in [0.1, 0.15) is 44.9 Å². The van der Waals surface area contributed by atoms with Gasteiger partial charge in [-0.1, -0.05) is 19.3 Å². The topological polar surface area (TPSA) is 32.3 Å². The summed E-state index contributed by atoms with van der Waals surface area (Å²) in [6.45, 7) is 2.98. The van der Waals surface area contributed by atoms with Gasteiger partial charge >= 0.3 is 0 Å². The van der Waals surface area contributed by atoms with Gasteiger partial charge < -0.3 is 10.2 Å². The minimum atomic E-state index is 0.129. The van der Waals surface area contributed by atoms with E-state index in [-0.39, 0.29) is 6.04 Å². The molecule has 86 valence electrons. The van der Waals surface area contributed by atoms with Gasteiger partial charge in [0.2, 0.25) is 5.91 Å². The van der Waals surface area contributed by atoms with Gasteiger partial charge in [-0.25, -0.2) is 0 Å². The van der Waals surface area contributed by atoms with E-state index in [9.17, 15) is 4.79 Å². The van der Waals surface area contributed by atoms with Gasteiger partial charge in [-0.2, -0.15) is 0 Å². The zero-order valence-corrected chi connectivity index (χ0v) is 9.50. The highest BCUT2D eigenvalue weighted by Gasteiger charge is 2.26. The van der Waals surface area contributed by atoms with Crippen LogP contribution in [0.5, 0.6) is 0 Å². The molecule has 0 saturated carbocycles. The number of carbonyl (C=O) groups is 1. The molecule has 1 amide bonds. The normalized spacial score (nSPS) is 28.5. The average Bonchev–Trinajstić information content (AvgIpc) is 2.68. The van der Waals surface area contributed by atoms with Gasteiger partial charge in [0.1, 0.15) is 0 Å². The number of nitrogens with zero attached hydrogens (tertiary/aromatic N) is 1. The number of hydrogen-bond donors (Lipinski definition) is 1. The molecule has 3 nitrogen and oxygen atoms in total. The summed E-state index contributed by atoms with van der Waals surface area (Å²) in [4.78, 5) is 14.2. The van der Waals surface area contributed by atoms with E-state index in [1.165, 1.54) is 32.1 Å². The second-order valence-electron chi connectivity index (χ2n) is 4.74. The largest absolute Gasteiger partial charge is 0.341 e. The fraction of sp³-hybridized carbons (Fsp3) is 0.917. The van der Waals surface area contributed by atoms with Crippen LogP contribution in [-0.4, -0.2) is 36.5 Å². The molecule has 0 aromatic rings. The van der Waals surface area contributed by atoms with E-state index < -0.39 is 0 Å². The molecule has 0 spiro atoms. The molecule has 2 aliphatic heterocycles. The predicted octanol–water partition coefficient (Wildman–Crippen LogP) is 1.53. The number of amides is 1. The molecular weight excluding hydrogens is 188 g/mol. The van der Waals surface area contributed by atoms with Crippen molar-refractivity contribution < 1.29 is 4.79 Å². The van der Waals surface area contributed by atoms with Crippen LogP contribution in [0.4, 0.5) is 0 Å². The van der Waals surface area contributed by atoms with Crippen LogP contribution >= 0.6 is 0 Å². The summed E-state index contributed by atoms with van der Waals surface area (Å²) in [5.74, 6) is 0.356. The molecule has 0 aliphatic carbocycles. The third kappa shape index (κ3) is 2.94. The van der Waals surface area contributed by atoms with E-state index in [1.54, 1.807) is 0 Å². The fourth-order valence-corrected chi connectivity index (χ4v) is 2.58. The molecule has 2 rings (SSSR count). The van der Waals surface area contributed by atoms with E-state index in [4.69, 9.17) is 0 Å². The standard InChI is InChI=1S/C12H22N2O/c15-12(11-7-6-8-13-11)14-9-4-2-1-3-5-10-14/h11,13H,1-10H2/t11-/m1/s1. The maximum atomic E-state index is 12.1. The Bertz CT molecular complexity index is 204. The second kappa shape index (κ2) is 5.50. The minimum Gasteiger partial charge on any atom is -0.341 e. The van der Waals surface area contributed by atoms with Crippen molar-refractivity contribution in [3.8, 4) is 0 Å². The maximum absolute atomic E-state index is 12.1. The number of rotatable bonds is 1. The number of nitrogens with one attached hydrogen (secondary N) is 1.